The first kappa shape index (κ1) is 23.6. The molecule has 0 aliphatic heterocycles. The number of aliphatic hydroxyl groups excluding tert-OH is 3. The van der Waals surface area contributed by atoms with Crippen LogP contribution in [0.25, 0.3) is 0 Å². The van der Waals surface area contributed by atoms with Crippen LogP contribution in [0.2, 0.25) is 0 Å². The lowest BCUT2D eigenvalue weighted by atomic mass is 10.0. The fourth-order valence-corrected chi connectivity index (χ4v) is 2.92. The minimum atomic E-state index is -0.979. The monoisotopic (exact) mass is 342 g/mol. The average molecular weight is 343 g/mol. The van der Waals surface area contributed by atoms with Crippen molar-refractivity contribution in [2.45, 2.75) is 115 Å². The topological polar surface area (TPSA) is 60.7 Å². The highest BCUT2D eigenvalue weighted by atomic mass is 16.4. The molecule has 0 heterocycles. The summed E-state index contributed by atoms with van der Waals surface area (Å²) in [5, 5.41) is 27.5. The largest absolute Gasteiger partial charge is 0.394 e. The maximum atomic E-state index is 9.52. The van der Waals surface area contributed by atoms with E-state index in [0.29, 0.717) is 6.42 Å². The van der Waals surface area contributed by atoms with E-state index in [2.05, 4.69) is 19.1 Å². The molecule has 0 bridgehead atoms. The molecule has 0 radical (unpaired) electrons. The molecule has 0 fully saturated rings. The zero-order chi connectivity index (χ0) is 17.9. The standard InChI is InChI=1S/C21H42O3/c1-2-3-4-5-6-7-8-9-10-11-12-13-14-15-16-17-18-20(23)21(24)19-22/h9-10,20-24H,2-8,11-19H2,1H3/b10-9-. The molecular formula is C21H42O3. The Labute approximate surface area is 150 Å². The first-order valence-electron chi connectivity index (χ1n) is 10.3. The number of hydrogen-bond acceptors (Lipinski definition) is 3. The van der Waals surface area contributed by atoms with Crippen molar-refractivity contribution in [2.24, 2.45) is 0 Å². The van der Waals surface area contributed by atoms with Gasteiger partial charge in [0.15, 0.2) is 0 Å². The Balaban J connectivity index is 3.18. The van der Waals surface area contributed by atoms with Crippen molar-refractivity contribution >= 4 is 0 Å². The predicted molar refractivity (Wildman–Crippen MR) is 103 cm³/mol. The molecular weight excluding hydrogens is 300 g/mol. The van der Waals surface area contributed by atoms with Crippen LogP contribution < -0.4 is 0 Å². The van der Waals surface area contributed by atoms with Gasteiger partial charge in [-0.05, 0) is 32.1 Å². The minimum Gasteiger partial charge on any atom is -0.394 e. The van der Waals surface area contributed by atoms with Crippen LogP contribution in [-0.4, -0.2) is 34.1 Å². The number of hydrogen-bond donors (Lipinski definition) is 3. The van der Waals surface area contributed by atoms with Crippen molar-refractivity contribution in [3.05, 3.63) is 12.2 Å². The summed E-state index contributed by atoms with van der Waals surface area (Å²) in [6.07, 6.45) is 21.3. The van der Waals surface area contributed by atoms with Gasteiger partial charge in [0, 0.05) is 0 Å². The zero-order valence-corrected chi connectivity index (χ0v) is 16.0. The van der Waals surface area contributed by atoms with Crippen LogP contribution in [0.5, 0.6) is 0 Å². The van der Waals surface area contributed by atoms with Crippen molar-refractivity contribution in [2.75, 3.05) is 6.61 Å². The molecule has 0 aromatic heterocycles. The fraction of sp³-hybridized carbons (Fsp3) is 0.905. The Bertz CT molecular complexity index is 266. The molecule has 0 aromatic carbocycles. The first-order valence-corrected chi connectivity index (χ1v) is 10.3. The molecule has 0 aliphatic carbocycles. The number of aliphatic hydroxyl groups is 3. The normalized spacial score (nSPS) is 14.3. The second kappa shape index (κ2) is 19.0. The quantitative estimate of drug-likeness (QED) is 0.239. The summed E-state index contributed by atoms with van der Waals surface area (Å²) >= 11 is 0. The third-order valence-electron chi connectivity index (χ3n) is 4.64. The van der Waals surface area contributed by atoms with Crippen LogP contribution in [-0.2, 0) is 0 Å². The van der Waals surface area contributed by atoms with E-state index in [0.717, 1.165) is 12.8 Å². The van der Waals surface area contributed by atoms with Crippen LogP contribution in [0.3, 0.4) is 0 Å². The molecule has 24 heavy (non-hydrogen) atoms. The summed E-state index contributed by atoms with van der Waals surface area (Å²) in [7, 11) is 0. The Morgan fingerprint density at radius 3 is 1.58 bits per heavy atom. The molecule has 0 saturated heterocycles. The molecule has 0 aliphatic rings. The molecule has 144 valence electrons. The summed E-state index contributed by atoms with van der Waals surface area (Å²) in [4.78, 5) is 0. The lowest BCUT2D eigenvalue weighted by Gasteiger charge is -2.14. The van der Waals surface area contributed by atoms with Gasteiger partial charge in [0.2, 0.25) is 0 Å². The van der Waals surface area contributed by atoms with Gasteiger partial charge in [0.1, 0.15) is 6.10 Å². The van der Waals surface area contributed by atoms with Crippen molar-refractivity contribution < 1.29 is 15.3 Å². The van der Waals surface area contributed by atoms with Gasteiger partial charge in [0.05, 0.1) is 12.7 Å². The Hall–Kier alpha value is -0.380. The predicted octanol–water partition coefficient (Wildman–Crippen LogP) is 5.13. The second-order valence-electron chi connectivity index (χ2n) is 7.04. The average Bonchev–Trinajstić information content (AvgIpc) is 2.60. The van der Waals surface area contributed by atoms with Gasteiger partial charge in [-0.3, -0.25) is 0 Å². The molecule has 0 amide bonds. The van der Waals surface area contributed by atoms with Crippen LogP contribution in [0.1, 0.15) is 103 Å². The van der Waals surface area contributed by atoms with Gasteiger partial charge in [-0.15, -0.1) is 0 Å². The molecule has 3 heteroatoms. The zero-order valence-electron chi connectivity index (χ0n) is 16.0. The van der Waals surface area contributed by atoms with E-state index in [-0.39, 0.29) is 6.61 Å². The van der Waals surface area contributed by atoms with E-state index in [9.17, 15) is 10.2 Å². The molecule has 0 spiro atoms. The van der Waals surface area contributed by atoms with Crippen molar-refractivity contribution in [1.29, 1.82) is 0 Å². The summed E-state index contributed by atoms with van der Waals surface area (Å²) in [5.41, 5.74) is 0. The maximum Gasteiger partial charge on any atom is 0.103 e. The lowest BCUT2D eigenvalue weighted by molar-refractivity contribution is -0.0185. The Kier molecular flexibility index (Phi) is 18.7. The molecule has 3 nitrogen and oxygen atoms in total. The number of unbranched alkanes of at least 4 members (excludes halogenated alkanes) is 12. The molecule has 0 saturated carbocycles. The summed E-state index contributed by atoms with van der Waals surface area (Å²) < 4.78 is 0. The van der Waals surface area contributed by atoms with E-state index in [1.807, 2.05) is 0 Å². The summed E-state index contributed by atoms with van der Waals surface area (Å²) in [6, 6.07) is 0. The highest BCUT2D eigenvalue weighted by Crippen LogP contribution is 2.12. The minimum absolute atomic E-state index is 0.354. The van der Waals surface area contributed by atoms with Gasteiger partial charge in [0.25, 0.3) is 0 Å². The third kappa shape index (κ3) is 16.5. The molecule has 0 rings (SSSR count). The van der Waals surface area contributed by atoms with Gasteiger partial charge >= 0.3 is 0 Å². The lowest BCUT2D eigenvalue weighted by Crippen LogP contribution is -2.28. The van der Waals surface area contributed by atoms with Crippen molar-refractivity contribution in [3.63, 3.8) is 0 Å². The van der Waals surface area contributed by atoms with Gasteiger partial charge < -0.3 is 15.3 Å². The molecule has 3 N–H and O–H groups in total. The van der Waals surface area contributed by atoms with Crippen LogP contribution in [0, 0.1) is 0 Å². The molecule has 2 unspecified atom stereocenters. The highest BCUT2D eigenvalue weighted by Gasteiger charge is 2.13. The van der Waals surface area contributed by atoms with E-state index >= 15 is 0 Å². The van der Waals surface area contributed by atoms with Crippen LogP contribution in [0.15, 0.2) is 12.2 Å². The van der Waals surface area contributed by atoms with E-state index < -0.39 is 12.2 Å². The Morgan fingerprint density at radius 1 is 0.625 bits per heavy atom. The molecule has 0 aromatic rings. The number of rotatable bonds is 18. The fourth-order valence-electron chi connectivity index (χ4n) is 2.92. The second-order valence-corrected chi connectivity index (χ2v) is 7.04. The van der Waals surface area contributed by atoms with E-state index in [1.165, 1.54) is 77.0 Å². The van der Waals surface area contributed by atoms with Crippen molar-refractivity contribution in [3.8, 4) is 0 Å². The SMILES string of the molecule is CCCCCCCC/C=C\CCCCCCCCC(O)C(O)CO. The van der Waals surface area contributed by atoms with Crippen LogP contribution in [0.4, 0.5) is 0 Å². The number of allylic oxidation sites excluding steroid dienone is 2. The smallest absolute Gasteiger partial charge is 0.103 e. The highest BCUT2D eigenvalue weighted by molar-refractivity contribution is 4.81. The van der Waals surface area contributed by atoms with Gasteiger partial charge in [-0.1, -0.05) is 83.3 Å². The van der Waals surface area contributed by atoms with Crippen molar-refractivity contribution in [1.82, 2.24) is 0 Å². The van der Waals surface area contributed by atoms with E-state index in [4.69, 9.17) is 5.11 Å². The maximum absolute atomic E-state index is 9.52. The van der Waals surface area contributed by atoms with Gasteiger partial charge in [-0.25, -0.2) is 0 Å². The molecule has 2 atom stereocenters. The third-order valence-corrected chi connectivity index (χ3v) is 4.64. The summed E-state index contributed by atoms with van der Waals surface area (Å²) in [5.74, 6) is 0. The van der Waals surface area contributed by atoms with Crippen LogP contribution >= 0.6 is 0 Å². The van der Waals surface area contributed by atoms with Gasteiger partial charge in [-0.2, -0.15) is 0 Å². The summed E-state index contributed by atoms with van der Waals surface area (Å²) in [6.45, 7) is 1.91. The Morgan fingerprint density at radius 2 is 1.08 bits per heavy atom. The van der Waals surface area contributed by atoms with E-state index in [1.54, 1.807) is 0 Å². The first-order chi connectivity index (χ1) is 11.7.